The van der Waals surface area contributed by atoms with Crippen molar-refractivity contribution in [1.29, 1.82) is 0 Å². The number of carbonyl (C=O) groups excluding carboxylic acids is 2. The van der Waals surface area contributed by atoms with E-state index in [-0.39, 0.29) is 24.5 Å². The number of rotatable bonds is 9. The molecule has 2 aromatic carbocycles. The van der Waals surface area contributed by atoms with Gasteiger partial charge in [-0.2, -0.15) is 0 Å². The molecule has 2 amide bonds. The third kappa shape index (κ3) is 6.02. The number of methoxy groups -OCH3 is 1. The van der Waals surface area contributed by atoms with Crippen LogP contribution in [-0.4, -0.2) is 42.5 Å². The van der Waals surface area contributed by atoms with E-state index >= 15 is 0 Å². The molecule has 1 N–H and O–H groups in total. The van der Waals surface area contributed by atoms with E-state index in [0.717, 1.165) is 48.1 Å². The van der Waals surface area contributed by atoms with Crippen molar-refractivity contribution in [1.82, 2.24) is 10.2 Å². The normalized spacial score (nSPS) is 14.6. The fraction of sp³-hybridized carbons (Fsp3) is 0.462. The van der Waals surface area contributed by atoms with E-state index in [1.165, 1.54) is 0 Å². The first-order valence-electron chi connectivity index (χ1n) is 11.3. The highest BCUT2D eigenvalue weighted by Crippen LogP contribution is 2.22. The lowest BCUT2D eigenvalue weighted by atomic mass is 10.1. The van der Waals surface area contributed by atoms with Gasteiger partial charge in [-0.15, -0.1) is 0 Å². The van der Waals surface area contributed by atoms with Gasteiger partial charge in [0.25, 0.3) is 5.91 Å². The minimum atomic E-state index is -0.604. The summed E-state index contributed by atoms with van der Waals surface area (Å²) in [5.74, 6) is 1.09. The lowest BCUT2D eigenvalue weighted by Crippen LogP contribution is -2.50. The van der Waals surface area contributed by atoms with Gasteiger partial charge in [-0.25, -0.2) is 0 Å². The van der Waals surface area contributed by atoms with Crippen LogP contribution in [0.15, 0.2) is 42.5 Å². The highest BCUT2D eigenvalue weighted by Gasteiger charge is 2.28. The number of amides is 2. The zero-order chi connectivity index (χ0) is 23.1. The molecule has 0 saturated heterocycles. The summed E-state index contributed by atoms with van der Waals surface area (Å²) in [7, 11) is 1.62. The van der Waals surface area contributed by atoms with E-state index in [4.69, 9.17) is 9.47 Å². The Balaban J connectivity index is 1.73. The van der Waals surface area contributed by atoms with Crippen LogP contribution in [0.4, 0.5) is 0 Å². The molecule has 2 aromatic rings. The van der Waals surface area contributed by atoms with Gasteiger partial charge in [-0.3, -0.25) is 9.59 Å². The smallest absolute Gasteiger partial charge is 0.261 e. The zero-order valence-corrected chi connectivity index (χ0v) is 19.5. The third-order valence-electron chi connectivity index (χ3n) is 6.29. The van der Waals surface area contributed by atoms with Crippen molar-refractivity contribution in [2.75, 3.05) is 13.7 Å². The Kier molecular flexibility index (Phi) is 8.14. The number of nitrogens with one attached hydrogen (secondary N) is 1. The first-order chi connectivity index (χ1) is 15.4. The van der Waals surface area contributed by atoms with Gasteiger partial charge in [-0.05, 0) is 68.5 Å². The molecule has 0 heterocycles. The summed E-state index contributed by atoms with van der Waals surface area (Å²) in [5.41, 5.74) is 3.04. The van der Waals surface area contributed by atoms with Gasteiger partial charge in [0.1, 0.15) is 17.5 Å². The topological polar surface area (TPSA) is 67.9 Å². The molecule has 1 atom stereocenters. The van der Waals surface area contributed by atoms with E-state index < -0.39 is 6.04 Å². The molecule has 1 saturated carbocycles. The molecule has 0 unspecified atom stereocenters. The highest BCUT2D eigenvalue weighted by atomic mass is 16.5. The summed E-state index contributed by atoms with van der Waals surface area (Å²) in [6, 6.07) is 12.9. The molecule has 6 heteroatoms. The summed E-state index contributed by atoms with van der Waals surface area (Å²) in [4.78, 5) is 27.8. The molecule has 0 spiro atoms. The van der Waals surface area contributed by atoms with Crippen LogP contribution in [0.25, 0.3) is 0 Å². The maximum atomic E-state index is 13.2. The van der Waals surface area contributed by atoms with E-state index in [1.807, 2.05) is 56.3 Å². The summed E-state index contributed by atoms with van der Waals surface area (Å²) < 4.78 is 11.1. The van der Waals surface area contributed by atoms with Crippen LogP contribution in [0.5, 0.6) is 11.5 Å². The van der Waals surface area contributed by atoms with Crippen molar-refractivity contribution in [3.8, 4) is 11.5 Å². The Morgan fingerprint density at radius 2 is 1.78 bits per heavy atom. The van der Waals surface area contributed by atoms with Gasteiger partial charge in [0.2, 0.25) is 5.91 Å². The van der Waals surface area contributed by atoms with Crippen LogP contribution in [0.1, 0.15) is 49.3 Å². The second kappa shape index (κ2) is 11.0. The quantitative estimate of drug-likeness (QED) is 0.638. The van der Waals surface area contributed by atoms with Gasteiger partial charge in [0.05, 0.1) is 7.11 Å². The highest BCUT2D eigenvalue weighted by molar-refractivity contribution is 5.88. The Hall–Kier alpha value is -3.02. The van der Waals surface area contributed by atoms with E-state index in [0.29, 0.717) is 12.3 Å². The van der Waals surface area contributed by atoms with Gasteiger partial charge in [-0.1, -0.05) is 37.1 Å². The largest absolute Gasteiger partial charge is 0.497 e. The standard InChI is InChI=1S/C26H34N2O4/c1-18-8-7-11-24(19(18)2)32-17-25(29)28(16-21-12-14-23(31-4)15-13-21)20(3)26(30)27-22-9-5-6-10-22/h7-8,11-15,20,22H,5-6,9-10,16-17H2,1-4H3,(H,27,30)/t20-/m1/s1. The van der Waals surface area contributed by atoms with Gasteiger partial charge in [0.15, 0.2) is 6.61 Å². The molecule has 1 fully saturated rings. The Morgan fingerprint density at radius 3 is 2.44 bits per heavy atom. The van der Waals surface area contributed by atoms with Crippen LogP contribution >= 0.6 is 0 Å². The van der Waals surface area contributed by atoms with Crippen molar-refractivity contribution in [2.24, 2.45) is 0 Å². The predicted octanol–water partition coefficient (Wildman–Crippen LogP) is 4.17. The first-order valence-corrected chi connectivity index (χ1v) is 11.3. The molecule has 172 valence electrons. The summed E-state index contributed by atoms with van der Waals surface area (Å²) in [6.45, 7) is 5.96. The van der Waals surface area contributed by atoms with Crippen molar-refractivity contribution >= 4 is 11.8 Å². The van der Waals surface area contributed by atoms with E-state index in [9.17, 15) is 9.59 Å². The van der Waals surface area contributed by atoms with Crippen LogP contribution in [0, 0.1) is 13.8 Å². The molecule has 0 aliphatic heterocycles. The summed E-state index contributed by atoms with van der Waals surface area (Å²) >= 11 is 0. The van der Waals surface area contributed by atoms with Gasteiger partial charge >= 0.3 is 0 Å². The molecule has 1 aliphatic carbocycles. The average molecular weight is 439 g/mol. The van der Waals surface area contributed by atoms with Crippen molar-refractivity contribution in [3.05, 3.63) is 59.2 Å². The molecular weight excluding hydrogens is 404 g/mol. The second-order valence-corrected chi connectivity index (χ2v) is 8.52. The second-order valence-electron chi connectivity index (χ2n) is 8.52. The number of benzene rings is 2. The van der Waals surface area contributed by atoms with Crippen LogP contribution in [-0.2, 0) is 16.1 Å². The average Bonchev–Trinajstić information content (AvgIpc) is 3.31. The van der Waals surface area contributed by atoms with Crippen molar-refractivity contribution < 1.29 is 19.1 Å². The van der Waals surface area contributed by atoms with Crippen LogP contribution in [0.2, 0.25) is 0 Å². The minimum absolute atomic E-state index is 0.120. The van der Waals surface area contributed by atoms with Gasteiger partial charge < -0.3 is 19.7 Å². The van der Waals surface area contributed by atoms with Crippen LogP contribution in [0.3, 0.4) is 0 Å². The fourth-order valence-corrected chi connectivity index (χ4v) is 4.01. The summed E-state index contributed by atoms with van der Waals surface area (Å²) in [6.07, 6.45) is 4.27. The molecule has 32 heavy (non-hydrogen) atoms. The fourth-order valence-electron chi connectivity index (χ4n) is 4.01. The Bertz CT molecular complexity index is 920. The number of ether oxygens (including phenoxy) is 2. The minimum Gasteiger partial charge on any atom is -0.497 e. The molecule has 0 radical (unpaired) electrons. The van der Waals surface area contributed by atoms with E-state index in [2.05, 4.69) is 5.32 Å². The number of hydrogen-bond donors (Lipinski definition) is 1. The molecule has 6 nitrogen and oxygen atoms in total. The van der Waals surface area contributed by atoms with Crippen LogP contribution < -0.4 is 14.8 Å². The number of nitrogens with zero attached hydrogens (tertiary/aromatic N) is 1. The number of hydrogen-bond acceptors (Lipinski definition) is 4. The Morgan fingerprint density at radius 1 is 1.09 bits per heavy atom. The Labute approximate surface area is 190 Å². The molecule has 0 aromatic heterocycles. The lowest BCUT2D eigenvalue weighted by Gasteiger charge is -2.30. The van der Waals surface area contributed by atoms with Gasteiger partial charge in [0, 0.05) is 12.6 Å². The monoisotopic (exact) mass is 438 g/mol. The van der Waals surface area contributed by atoms with E-state index in [1.54, 1.807) is 18.9 Å². The maximum Gasteiger partial charge on any atom is 0.261 e. The molecule has 1 aliphatic rings. The third-order valence-corrected chi connectivity index (χ3v) is 6.29. The van der Waals surface area contributed by atoms with Crippen molar-refractivity contribution in [2.45, 2.75) is 65.1 Å². The summed E-state index contributed by atoms with van der Waals surface area (Å²) in [5, 5.41) is 3.11. The molecule has 0 bridgehead atoms. The molecule has 3 rings (SSSR count). The first kappa shape index (κ1) is 23.6. The number of aryl methyl sites for hydroxylation is 1. The number of carbonyl (C=O) groups is 2. The van der Waals surface area contributed by atoms with Crippen molar-refractivity contribution in [3.63, 3.8) is 0 Å². The molecular formula is C26H34N2O4. The maximum absolute atomic E-state index is 13.2. The zero-order valence-electron chi connectivity index (χ0n) is 19.5. The predicted molar refractivity (Wildman–Crippen MR) is 125 cm³/mol. The SMILES string of the molecule is COc1ccc(CN(C(=O)COc2cccc(C)c2C)[C@H](C)C(=O)NC2CCCC2)cc1. The lowest BCUT2D eigenvalue weighted by molar-refractivity contribution is -0.142.